The number of rotatable bonds is 10. The molecular weight excluding hydrogens is 316 g/mol. The van der Waals surface area contributed by atoms with Crippen molar-refractivity contribution in [2.75, 3.05) is 20.8 Å². The van der Waals surface area contributed by atoms with Gasteiger partial charge in [0.1, 0.15) is 0 Å². The van der Waals surface area contributed by atoms with Crippen molar-refractivity contribution in [1.82, 2.24) is 5.32 Å². The third kappa shape index (κ3) is 4.14. The number of carbonyl (C=O) groups is 1. The van der Waals surface area contributed by atoms with Crippen molar-refractivity contribution in [2.24, 2.45) is 5.41 Å². The lowest BCUT2D eigenvalue weighted by Gasteiger charge is -2.27. The molecule has 0 atom stereocenters. The average molecular weight is 340 g/mol. The fourth-order valence-corrected chi connectivity index (χ4v) is 2.54. The Kier molecular flexibility index (Phi) is 6.97. The van der Waals surface area contributed by atoms with E-state index in [0.717, 1.165) is 0 Å². The summed E-state index contributed by atoms with van der Waals surface area (Å²) in [5, 5.41) is 23.7. The van der Waals surface area contributed by atoms with Crippen LogP contribution in [-0.2, 0) is 11.3 Å². The van der Waals surface area contributed by atoms with Crippen LogP contribution >= 0.6 is 0 Å². The molecular formula is C16H24N2O6. The van der Waals surface area contributed by atoms with Crippen LogP contribution in [0.4, 0.5) is 5.69 Å². The molecule has 0 saturated carbocycles. The lowest BCUT2D eigenvalue weighted by atomic mass is 9.82. The second-order valence-corrected chi connectivity index (χ2v) is 5.49. The van der Waals surface area contributed by atoms with Gasteiger partial charge in [-0.3, -0.25) is 14.9 Å². The second-order valence-electron chi connectivity index (χ2n) is 5.49. The van der Waals surface area contributed by atoms with Crippen LogP contribution in [0.15, 0.2) is 12.1 Å². The molecule has 0 aromatic heterocycles. The summed E-state index contributed by atoms with van der Waals surface area (Å²) in [7, 11) is 2.85. The van der Waals surface area contributed by atoms with Gasteiger partial charge in [-0.15, -0.1) is 0 Å². The Hall–Kier alpha value is -2.35. The van der Waals surface area contributed by atoms with E-state index in [9.17, 15) is 20.0 Å². The summed E-state index contributed by atoms with van der Waals surface area (Å²) in [6.07, 6.45) is 0.944. The molecule has 0 aliphatic heterocycles. The first-order chi connectivity index (χ1) is 11.3. The quantitative estimate of drug-likeness (QED) is 0.497. The molecule has 1 aromatic rings. The van der Waals surface area contributed by atoms with Crippen molar-refractivity contribution in [3.05, 3.63) is 27.8 Å². The van der Waals surface area contributed by atoms with Crippen molar-refractivity contribution >= 4 is 11.7 Å². The number of nitro benzene ring substituents is 1. The SMILES string of the molecule is CCC(CC)(CNCc1cc(OC)c(OC)cc1[N+](=O)[O-])C(=O)O. The largest absolute Gasteiger partial charge is 0.493 e. The first-order valence-electron chi connectivity index (χ1n) is 7.68. The van der Waals surface area contributed by atoms with E-state index in [1.807, 2.05) is 13.8 Å². The van der Waals surface area contributed by atoms with Crippen LogP contribution in [0.5, 0.6) is 11.5 Å². The molecule has 2 N–H and O–H groups in total. The van der Waals surface area contributed by atoms with Crippen molar-refractivity contribution in [2.45, 2.75) is 33.2 Å². The predicted molar refractivity (Wildman–Crippen MR) is 88.6 cm³/mol. The molecule has 1 aromatic carbocycles. The molecule has 0 saturated heterocycles. The monoisotopic (exact) mass is 340 g/mol. The van der Waals surface area contributed by atoms with E-state index in [-0.39, 0.29) is 24.5 Å². The predicted octanol–water partition coefficient (Wildman–Crippen LogP) is 2.59. The Labute approximate surface area is 140 Å². The highest BCUT2D eigenvalue weighted by atomic mass is 16.6. The zero-order valence-electron chi connectivity index (χ0n) is 14.4. The van der Waals surface area contributed by atoms with Crippen molar-refractivity contribution in [1.29, 1.82) is 0 Å². The van der Waals surface area contributed by atoms with Crippen molar-refractivity contribution in [3.63, 3.8) is 0 Å². The van der Waals surface area contributed by atoms with Gasteiger partial charge in [-0.05, 0) is 18.9 Å². The van der Waals surface area contributed by atoms with E-state index < -0.39 is 16.3 Å². The van der Waals surface area contributed by atoms with Gasteiger partial charge in [0.15, 0.2) is 11.5 Å². The summed E-state index contributed by atoms with van der Waals surface area (Å²) in [5.41, 5.74) is -0.580. The fourth-order valence-electron chi connectivity index (χ4n) is 2.54. The summed E-state index contributed by atoms with van der Waals surface area (Å²) in [6.45, 7) is 4.02. The Bertz CT molecular complexity index is 598. The zero-order valence-corrected chi connectivity index (χ0v) is 14.4. The van der Waals surface area contributed by atoms with Gasteiger partial charge in [0, 0.05) is 18.7 Å². The van der Waals surface area contributed by atoms with Crippen LogP contribution in [0.3, 0.4) is 0 Å². The second kappa shape index (κ2) is 8.49. The summed E-state index contributed by atoms with van der Waals surface area (Å²) in [4.78, 5) is 22.3. The molecule has 0 bridgehead atoms. The topological polar surface area (TPSA) is 111 Å². The minimum atomic E-state index is -0.884. The first-order valence-corrected chi connectivity index (χ1v) is 7.68. The van der Waals surface area contributed by atoms with Crippen LogP contribution < -0.4 is 14.8 Å². The third-order valence-corrected chi connectivity index (χ3v) is 4.37. The molecule has 0 radical (unpaired) electrons. The Morgan fingerprint density at radius 1 is 1.25 bits per heavy atom. The minimum absolute atomic E-state index is 0.103. The molecule has 0 amide bonds. The smallest absolute Gasteiger partial charge is 0.310 e. The van der Waals surface area contributed by atoms with Gasteiger partial charge in [-0.25, -0.2) is 0 Å². The van der Waals surface area contributed by atoms with E-state index in [1.165, 1.54) is 26.4 Å². The van der Waals surface area contributed by atoms with Gasteiger partial charge in [-0.1, -0.05) is 13.8 Å². The molecule has 0 unspecified atom stereocenters. The maximum atomic E-state index is 11.5. The number of nitrogens with zero attached hydrogens (tertiary/aromatic N) is 1. The number of aliphatic carboxylic acids is 1. The Morgan fingerprint density at radius 2 is 1.79 bits per heavy atom. The zero-order chi connectivity index (χ0) is 18.3. The Balaban J connectivity index is 3.02. The number of benzene rings is 1. The molecule has 134 valence electrons. The van der Waals surface area contributed by atoms with Crippen LogP contribution in [-0.4, -0.2) is 36.8 Å². The molecule has 0 heterocycles. The summed E-state index contributed by atoms with van der Waals surface area (Å²) in [5.74, 6) is -0.216. The van der Waals surface area contributed by atoms with Gasteiger partial charge in [0.05, 0.1) is 30.6 Å². The molecule has 0 spiro atoms. The lowest BCUT2D eigenvalue weighted by Crippen LogP contribution is -2.40. The number of nitro groups is 1. The van der Waals surface area contributed by atoms with Gasteiger partial charge >= 0.3 is 5.97 Å². The molecule has 1 rings (SSSR count). The summed E-state index contributed by atoms with van der Waals surface area (Å²) in [6, 6.07) is 2.84. The van der Waals surface area contributed by atoms with Gasteiger partial charge in [0.25, 0.3) is 5.69 Å². The van der Waals surface area contributed by atoms with Crippen LogP contribution in [0, 0.1) is 15.5 Å². The van der Waals surface area contributed by atoms with Gasteiger partial charge < -0.3 is 19.9 Å². The number of ether oxygens (including phenoxy) is 2. The van der Waals surface area contributed by atoms with Crippen molar-refractivity contribution < 1.29 is 24.3 Å². The van der Waals surface area contributed by atoms with Gasteiger partial charge in [-0.2, -0.15) is 0 Å². The maximum Gasteiger partial charge on any atom is 0.310 e. The van der Waals surface area contributed by atoms with Crippen LogP contribution in [0.25, 0.3) is 0 Å². The number of nitrogens with one attached hydrogen (secondary N) is 1. The Morgan fingerprint density at radius 3 is 2.21 bits per heavy atom. The lowest BCUT2D eigenvalue weighted by molar-refractivity contribution is -0.385. The number of carboxylic acid groups (broad SMARTS) is 1. The highest BCUT2D eigenvalue weighted by Crippen LogP contribution is 2.34. The highest BCUT2D eigenvalue weighted by Gasteiger charge is 2.34. The van der Waals surface area contributed by atoms with Crippen molar-refractivity contribution in [3.8, 4) is 11.5 Å². The molecule has 0 aliphatic carbocycles. The van der Waals surface area contributed by atoms with E-state index in [1.54, 1.807) is 0 Å². The molecule has 8 nitrogen and oxygen atoms in total. The van der Waals surface area contributed by atoms with Crippen LogP contribution in [0.1, 0.15) is 32.3 Å². The number of hydrogen-bond donors (Lipinski definition) is 2. The summed E-state index contributed by atoms with van der Waals surface area (Å²) >= 11 is 0. The number of methoxy groups -OCH3 is 2. The van der Waals surface area contributed by atoms with E-state index in [4.69, 9.17) is 9.47 Å². The van der Waals surface area contributed by atoms with Crippen LogP contribution in [0.2, 0.25) is 0 Å². The van der Waals surface area contributed by atoms with E-state index >= 15 is 0 Å². The number of hydrogen-bond acceptors (Lipinski definition) is 6. The minimum Gasteiger partial charge on any atom is -0.493 e. The molecule has 0 aliphatic rings. The number of carboxylic acids is 1. The fraction of sp³-hybridized carbons (Fsp3) is 0.562. The van der Waals surface area contributed by atoms with E-state index in [2.05, 4.69) is 5.32 Å². The molecule has 0 fully saturated rings. The molecule has 24 heavy (non-hydrogen) atoms. The van der Waals surface area contributed by atoms with Gasteiger partial charge in [0.2, 0.25) is 0 Å². The standard InChI is InChI=1S/C16H24N2O6/c1-5-16(6-2,15(19)20)10-17-9-11-7-13(23-3)14(24-4)8-12(11)18(21)22/h7-8,17H,5-6,9-10H2,1-4H3,(H,19,20). The average Bonchev–Trinajstić information content (AvgIpc) is 2.57. The normalized spacial score (nSPS) is 11.2. The first kappa shape index (κ1) is 19.7. The van der Waals surface area contributed by atoms with E-state index in [0.29, 0.717) is 24.2 Å². The maximum absolute atomic E-state index is 11.5. The summed E-state index contributed by atoms with van der Waals surface area (Å²) < 4.78 is 10.2. The molecule has 8 heteroatoms. The third-order valence-electron chi connectivity index (χ3n) is 4.37. The highest BCUT2D eigenvalue weighted by molar-refractivity contribution is 5.74.